The van der Waals surface area contributed by atoms with Gasteiger partial charge < -0.3 is 19.2 Å². The van der Waals surface area contributed by atoms with Gasteiger partial charge in [-0.05, 0) is 0 Å². The first-order valence-corrected chi connectivity index (χ1v) is 6.79. The monoisotopic (exact) mass is 283 g/mol. The third-order valence-electron chi connectivity index (χ3n) is 3.12. The van der Waals surface area contributed by atoms with Gasteiger partial charge in [0.25, 0.3) is 0 Å². The number of fused-ring (bicyclic) bond motifs is 1. The van der Waals surface area contributed by atoms with Crippen LogP contribution in [-0.4, -0.2) is 55.5 Å². The van der Waals surface area contributed by atoms with Gasteiger partial charge >= 0.3 is 5.97 Å². The molecule has 0 saturated heterocycles. The summed E-state index contributed by atoms with van der Waals surface area (Å²) in [5.74, 6) is -0.226. The molecule has 1 aliphatic rings. The molecule has 1 atom stereocenters. The van der Waals surface area contributed by atoms with E-state index in [2.05, 4.69) is 15.3 Å². The molecule has 0 saturated carbocycles. The predicted molar refractivity (Wildman–Crippen MR) is 71.2 cm³/mol. The Morgan fingerprint density at radius 3 is 3.15 bits per heavy atom. The third-order valence-corrected chi connectivity index (χ3v) is 3.12. The maximum Gasteiger partial charge on any atom is 0.323 e. The number of aromatic amines is 1. The van der Waals surface area contributed by atoms with Crippen LogP contribution in [0.2, 0.25) is 0 Å². The number of H-pyrrole nitrogens is 1. The minimum Gasteiger partial charge on any atom is -0.464 e. The van der Waals surface area contributed by atoms with E-state index in [9.17, 15) is 4.79 Å². The molecule has 0 spiro atoms. The number of ether oxygens (including phenoxy) is 3. The number of carbonyl (C=O) groups is 1. The summed E-state index contributed by atoms with van der Waals surface area (Å²) in [5.41, 5.74) is 1.98. The molecule has 0 bridgehead atoms. The molecule has 112 valence electrons. The van der Waals surface area contributed by atoms with Gasteiger partial charge in [0, 0.05) is 33.1 Å². The number of hydrogen-bond donors (Lipinski definition) is 2. The van der Waals surface area contributed by atoms with E-state index < -0.39 is 0 Å². The van der Waals surface area contributed by atoms with Crippen LogP contribution in [0.15, 0.2) is 6.33 Å². The van der Waals surface area contributed by atoms with Gasteiger partial charge in [-0.1, -0.05) is 0 Å². The summed E-state index contributed by atoms with van der Waals surface area (Å²) in [4.78, 5) is 19.1. The summed E-state index contributed by atoms with van der Waals surface area (Å²) in [6, 6.07) is -0.305. The lowest BCUT2D eigenvalue weighted by Crippen LogP contribution is -2.43. The highest BCUT2D eigenvalue weighted by Crippen LogP contribution is 2.12. The molecule has 1 aliphatic heterocycles. The molecule has 7 heteroatoms. The van der Waals surface area contributed by atoms with Crippen molar-refractivity contribution in [3.8, 4) is 0 Å². The Bertz CT molecular complexity index is 422. The summed E-state index contributed by atoms with van der Waals surface area (Å²) >= 11 is 0. The van der Waals surface area contributed by atoms with E-state index in [4.69, 9.17) is 14.2 Å². The zero-order valence-corrected chi connectivity index (χ0v) is 11.7. The average molecular weight is 283 g/mol. The van der Waals surface area contributed by atoms with Gasteiger partial charge in [0.1, 0.15) is 6.04 Å². The number of hydrogen-bond acceptors (Lipinski definition) is 6. The van der Waals surface area contributed by atoms with E-state index in [-0.39, 0.29) is 12.0 Å². The number of aromatic nitrogens is 2. The van der Waals surface area contributed by atoms with Crippen molar-refractivity contribution < 1.29 is 19.0 Å². The van der Waals surface area contributed by atoms with E-state index in [1.165, 1.54) is 0 Å². The molecule has 2 heterocycles. The fourth-order valence-electron chi connectivity index (χ4n) is 2.01. The molecule has 0 aliphatic carbocycles. The smallest absolute Gasteiger partial charge is 0.323 e. The van der Waals surface area contributed by atoms with Gasteiger partial charge in [0.15, 0.2) is 0 Å². The van der Waals surface area contributed by atoms with Crippen molar-refractivity contribution in [2.75, 3.05) is 33.5 Å². The van der Waals surface area contributed by atoms with Crippen molar-refractivity contribution in [1.29, 1.82) is 0 Å². The van der Waals surface area contributed by atoms with Crippen LogP contribution in [0.1, 0.15) is 17.8 Å². The first-order chi connectivity index (χ1) is 9.81. The van der Waals surface area contributed by atoms with Crippen LogP contribution in [0.4, 0.5) is 0 Å². The van der Waals surface area contributed by atoms with Crippen LogP contribution in [0, 0.1) is 0 Å². The molecule has 0 aromatic carbocycles. The van der Waals surface area contributed by atoms with Gasteiger partial charge in [-0.3, -0.25) is 10.1 Å². The molecule has 1 aromatic rings. The minimum absolute atomic E-state index is 0.226. The standard InChI is InChI=1S/C13H21N3O4/c1-18-5-6-19-3-2-4-20-13(17)11-7-10-12(8-14-11)16-9-15-10/h9,11,14H,2-8H2,1H3,(H,15,16). The number of methoxy groups -OCH3 is 1. The Labute approximate surface area is 118 Å². The van der Waals surface area contributed by atoms with Gasteiger partial charge in [-0.2, -0.15) is 0 Å². The molecule has 7 nitrogen and oxygen atoms in total. The molecule has 2 rings (SSSR count). The highest BCUT2D eigenvalue weighted by Gasteiger charge is 2.26. The van der Waals surface area contributed by atoms with E-state index in [0.29, 0.717) is 45.8 Å². The molecule has 1 unspecified atom stereocenters. The van der Waals surface area contributed by atoms with Gasteiger partial charge in [-0.25, -0.2) is 4.98 Å². The lowest BCUT2D eigenvalue weighted by atomic mass is 10.1. The second kappa shape index (κ2) is 7.98. The zero-order chi connectivity index (χ0) is 14.2. The summed E-state index contributed by atoms with van der Waals surface area (Å²) in [5, 5.41) is 3.14. The SMILES string of the molecule is COCCOCCCOC(=O)C1Cc2nc[nH]c2CN1. The fourth-order valence-corrected chi connectivity index (χ4v) is 2.01. The fraction of sp³-hybridized carbons (Fsp3) is 0.692. The zero-order valence-electron chi connectivity index (χ0n) is 11.7. The molecule has 0 fully saturated rings. The molecule has 20 heavy (non-hydrogen) atoms. The van der Waals surface area contributed by atoms with Crippen molar-refractivity contribution in [1.82, 2.24) is 15.3 Å². The topological polar surface area (TPSA) is 85.5 Å². The van der Waals surface area contributed by atoms with Crippen molar-refractivity contribution in [2.24, 2.45) is 0 Å². The second-order valence-electron chi connectivity index (χ2n) is 4.59. The van der Waals surface area contributed by atoms with E-state index >= 15 is 0 Å². The largest absolute Gasteiger partial charge is 0.464 e. The molecule has 2 N–H and O–H groups in total. The molecular weight excluding hydrogens is 262 g/mol. The number of rotatable bonds is 8. The maximum atomic E-state index is 11.9. The summed E-state index contributed by atoms with van der Waals surface area (Å²) < 4.78 is 15.4. The number of nitrogens with one attached hydrogen (secondary N) is 2. The van der Waals surface area contributed by atoms with Crippen LogP contribution in [-0.2, 0) is 32.0 Å². The number of esters is 1. The first-order valence-electron chi connectivity index (χ1n) is 6.79. The quantitative estimate of drug-likeness (QED) is 0.517. The highest BCUT2D eigenvalue weighted by molar-refractivity contribution is 5.76. The summed E-state index contributed by atoms with van der Waals surface area (Å²) in [6.07, 6.45) is 2.91. The van der Waals surface area contributed by atoms with Crippen LogP contribution < -0.4 is 5.32 Å². The summed E-state index contributed by atoms with van der Waals surface area (Å²) in [7, 11) is 1.63. The number of imidazole rings is 1. The third kappa shape index (κ3) is 4.29. The van der Waals surface area contributed by atoms with Crippen molar-refractivity contribution in [2.45, 2.75) is 25.4 Å². The van der Waals surface area contributed by atoms with E-state index in [0.717, 1.165) is 11.4 Å². The minimum atomic E-state index is -0.305. The summed E-state index contributed by atoms with van der Waals surface area (Å²) in [6.45, 7) is 2.71. The Kier molecular flexibility index (Phi) is 5.97. The number of carbonyl (C=O) groups excluding carboxylic acids is 1. The average Bonchev–Trinajstić information content (AvgIpc) is 2.93. The van der Waals surface area contributed by atoms with Crippen LogP contribution in [0.5, 0.6) is 0 Å². The maximum absolute atomic E-state index is 11.9. The van der Waals surface area contributed by atoms with Crippen molar-refractivity contribution in [3.05, 3.63) is 17.7 Å². The number of nitrogens with zero attached hydrogens (tertiary/aromatic N) is 1. The highest BCUT2D eigenvalue weighted by atomic mass is 16.5. The van der Waals surface area contributed by atoms with Crippen LogP contribution in [0.3, 0.4) is 0 Å². The Morgan fingerprint density at radius 2 is 2.30 bits per heavy atom. The van der Waals surface area contributed by atoms with E-state index in [1.807, 2.05) is 0 Å². The normalized spacial score (nSPS) is 17.8. The van der Waals surface area contributed by atoms with Crippen molar-refractivity contribution >= 4 is 5.97 Å². The van der Waals surface area contributed by atoms with Gasteiger partial charge in [-0.15, -0.1) is 0 Å². The Hall–Kier alpha value is -1.44. The van der Waals surface area contributed by atoms with E-state index in [1.54, 1.807) is 13.4 Å². The Balaban J connectivity index is 1.59. The second-order valence-corrected chi connectivity index (χ2v) is 4.59. The predicted octanol–water partition coefficient (Wildman–Crippen LogP) is 0.0203. The van der Waals surface area contributed by atoms with Crippen LogP contribution in [0.25, 0.3) is 0 Å². The molecular formula is C13H21N3O4. The lowest BCUT2D eigenvalue weighted by Gasteiger charge is -2.21. The molecule has 1 aromatic heterocycles. The lowest BCUT2D eigenvalue weighted by molar-refractivity contribution is -0.146. The van der Waals surface area contributed by atoms with Crippen molar-refractivity contribution in [3.63, 3.8) is 0 Å². The Morgan fingerprint density at radius 1 is 1.40 bits per heavy atom. The molecule has 0 amide bonds. The van der Waals surface area contributed by atoms with Crippen LogP contribution >= 0.6 is 0 Å². The molecule has 0 radical (unpaired) electrons. The first kappa shape index (κ1) is 15.0. The van der Waals surface area contributed by atoms with Gasteiger partial charge in [0.05, 0.1) is 37.5 Å². The van der Waals surface area contributed by atoms with Gasteiger partial charge in [0.2, 0.25) is 0 Å².